The summed E-state index contributed by atoms with van der Waals surface area (Å²) in [5.41, 5.74) is 2.06. The maximum atomic E-state index is 12.1. The third-order valence-corrected chi connectivity index (χ3v) is 5.44. The quantitative estimate of drug-likeness (QED) is 0.242. The van der Waals surface area contributed by atoms with Crippen molar-refractivity contribution in [3.63, 3.8) is 0 Å². The van der Waals surface area contributed by atoms with Crippen LogP contribution in [0, 0.1) is 6.92 Å². The number of hydrogen-bond acceptors (Lipinski definition) is 4. The van der Waals surface area contributed by atoms with Gasteiger partial charge in [0.25, 0.3) is 0 Å². The smallest absolute Gasteiger partial charge is 0.213 e. The predicted octanol–water partition coefficient (Wildman–Crippen LogP) is 2.66. The first-order chi connectivity index (χ1) is 13.9. The van der Waals surface area contributed by atoms with Gasteiger partial charge in [0.2, 0.25) is 10.0 Å². The van der Waals surface area contributed by atoms with Gasteiger partial charge < -0.3 is 15.4 Å². The maximum absolute atomic E-state index is 12.1. The Kier molecular flexibility index (Phi) is 11.7. The summed E-state index contributed by atoms with van der Waals surface area (Å²) in [5, 5.41) is 6.16. The van der Waals surface area contributed by atoms with Crippen molar-refractivity contribution in [2.24, 2.45) is 4.99 Å². The molecule has 2 rings (SSSR count). The van der Waals surface area contributed by atoms with E-state index in [-0.39, 0.29) is 48.9 Å². The first-order valence-electron chi connectivity index (χ1n) is 9.57. The molecular formula is C21H31IN4O3S. The van der Waals surface area contributed by atoms with Crippen molar-refractivity contribution in [1.29, 1.82) is 0 Å². The lowest BCUT2D eigenvalue weighted by atomic mass is 10.2. The number of nitrogens with zero attached hydrogens (tertiary/aromatic N) is 1. The Labute approximate surface area is 196 Å². The van der Waals surface area contributed by atoms with Crippen LogP contribution in [0.1, 0.15) is 18.1 Å². The number of rotatable bonds is 10. The third-order valence-electron chi connectivity index (χ3n) is 4.11. The molecule has 3 N–H and O–H groups in total. The van der Waals surface area contributed by atoms with E-state index >= 15 is 0 Å². The van der Waals surface area contributed by atoms with E-state index in [0.29, 0.717) is 12.5 Å². The van der Waals surface area contributed by atoms with Crippen molar-refractivity contribution in [3.05, 3.63) is 65.7 Å². The fourth-order valence-electron chi connectivity index (χ4n) is 2.59. The van der Waals surface area contributed by atoms with Gasteiger partial charge in [-0.3, -0.25) is 4.99 Å². The Balaban J connectivity index is 0.00000450. The number of aryl methyl sites for hydroxylation is 1. The van der Waals surface area contributed by atoms with Gasteiger partial charge in [-0.15, -0.1) is 24.0 Å². The van der Waals surface area contributed by atoms with Crippen molar-refractivity contribution in [2.75, 3.05) is 25.9 Å². The highest BCUT2D eigenvalue weighted by molar-refractivity contribution is 14.0. The Morgan fingerprint density at radius 2 is 1.83 bits per heavy atom. The van der Waals surface area contributed by atoms with Crippen molar-refractivity contribution < 1.29 is 13.2 Å². The number of aliphatic imine (C=N–C) groups is 1. The lowest BCUT2D eigenvalue weighted by Crippen LogP contribution is -2.44. The Morgan fingerprint density at radius 1 is 1.10 bits per heavy atom. The molecule has 1 atom stereocenters. The summed E-state index contributed by atoms with van der Waals surface area (Å²) in [6, 6.07) is 17.3. The molecular weight excluding hydrogens is 515 g/mol. The summed E-state index contributed by atoms with van der Waals surface area (Å²) >= 11 is 0. The Hall–Kier alpha value is -1.85. The van der Waals surface area contributed by atoms with E-state index in [1.54, 1.807) is 7.05 Å². The van der Waals surface area contributed by atoms with Gasteiger partial charge in [-0.1, -0.05) is 42.5 Å². The van der Waals surface area contributed by atoms with Gasteiger partial charge in [-0.2, -0.15) is 0 Å². The number of guanidine groups is 1. The van der Waals surface area contributed by atoms with E-state index in [1.807, 2.05) is 68.4 Å². The fourth-order valence-corrected chi connectivity index (χ4v) is 3.49. The summed E-state index contributed by atoms with van der Waals surface area (Å²) in [5.74, 6) is 1.30. The highest BCUT2D eigenvalue weighted by Crippen LogP contribution is 2.13. The lowest BCUT2D eigenvalue weighted by molar-refractivity contribution is 0.223. The molecule has 0 saturated heterocycles. The van der Waals surface area contributed by atoms with Gasteiger partial charge in [-0.25, -0.2) is 13.1 Å². The summed E-state index contributed by atoms with van der Waals surface area (Å²) in [6.45, 7) is 5.04. The largest absolute Gasteiger partial charge is 0.489 e. The molecule has 0 radical (unpaired) electrons. The molecule has 2 aromatic carbocycles. The standard InChI is InChI=1S/C21H30N4O3S.HI/c1-17-8-7-11-20(14-17)28-18(2)15-24-21(22-3)23-12-13-29(26,27)25-16-19-9-5-4-6-10-19;/h4-11,14,18,25H,12-13,15-16H2,1-3H3,(H2,22,23,24);1H. The second kappa shape index (κ2) is 13.5. The van der Waals surface area contributed by atoms with Gasteiger partial charge in [0.15, 0.2) is 5.96 Å². The van der Waals surface area contributed by atoms with Crippen LogP contribution in [0.25, 0.3) is 0 Å². The van der Waals surface area contributed by atoms with Gasteiger partial charge in [0.1, 0.15) is 11.9 Å². The van der Waals surface area contributed by atoms with Crippen molar-refractivity contribution in [3.8, 4) is 5.75 Å². The minimum atomic E-state index is -3.38. The number of sulfonamides is 1. The highest BCUT2D eigenvalue weighted by Gasteiger charge is 2.11. The third kappa shape index (κ3) is 10.3. The average Bonchev–Trinajstić information content (AvgIpc) is 2.70. The number of hydrogen-bond donors (Lipinski definition) is 3. The van der Waals surface area contributed by atoms with Crippen LogP contribution in [0.3, 0.4) is 0 Å². The minimum absolute atomic E-state index is 0. The predicted molar refractivity (Wildman–Crippen MR) is 133 cm³/mol. The Morgan fingerprint density at radius 3 is 2.50 bits per heavy atom. The Bertz CT molecular complexity index is 892. The molecule has 166 valence electrons. The number of benzene rings is 2. The van der Waals surface area contributed by atoms with Crippen molar-refractivity contribution in [1.82, 2.24) is 15.4 Å². The van der Waals surface area contributed by atoms with E-state index in [1.165, 1.54) is 0 Å². The molecule has 9 heteroatoms. The molecule has 0 fully saturated rings. The van der Waals surface area contributed by atoms with Crippen LogP contribution < -0.4 is 20.1 Å². The molecule has 0 spiro atoms. The van der Waals surface area contributed by atoms with Gasteiger partial charge >= 0.3 is 0 Å². The molecule has 0 aromatic heterocycles. The molecule has 7 nitrogen and oxygen atoms in total. The molecule has 0 saturated carbocycles. The topological polar surface area (TPSA) is 91.8 Å². The van der Waals surface area contributed by atoms with E-state index in [9.17, 15) is 8.42 Å². The van der Waals surface area contributed by atoms with Crippen LogP contribution in [0.2, 0.25) is 0 Å². The molecule has 0 aliphatic carbocycles. The van der Waals surface area contributed by atoms with E-state index in [0.717, 1.165) is 16.9 Å². The van der Waals surface area contributed by atoms with Crippen molar-refractivity contribution in [2.45, 2.75) is 26.5 Å². The zero-order chi connectivity index (χ0) is 21.1. The van der Waals surface area contributed by atoms with Crippen LogP contribution in [0.4, 0.5) is 0 Å². The van der Waals surface area contributed by atoms with E-state index < -0.39 is 10.0 Å². The molecule has 1 unspecified atom stereocenters. The van der Waals surface area contributed by atoms with Crippen LogP contribution in [-0.4, -0.2) is 46.4 Å². The highest BCUT2D eigenvalue weighted by atomic mass is 127. The summed E-state index contributed by atoms with van der Waals surface area (Å²) < 4.78 is 32.8. The number of nitrogens with one attached hydrogen (secondary N) is 3. The lowest BCUT2D eigenvalue weighted by Gasteiger charge is -2.18. The zero-order valence-electron chi connectivity index (χ0n) is 17.6. The molecule has 2 aromatic rings. The second-order valence-electron chi connectivity index (χ2n) is 6.75. The maximum Gasteiger partial charge on any atom is 0.213 e. The molecule has 0 amide bonds. The van der Waals surface area contributed by atoms with E-state index in [4.69, 9.17) is 4.74 Å². The van der Waals surface area contributed by atoms with Crippen LogP contribution in [-0.2, 0) is 16.6 Å². The summed E-state index contributed by atoms with van der Waals surface area (Å²) in [6.07, 6.45) is -0.0772. The second-order valence-corrected chi connectivity index (χ2v) is 8.68. The average molecular weight is 546 g/mol. The zero-order valence-corrected chi connectivity index (χ0v) is 20.7. The molecule has 30 heavy (non-hydrogen) atoms. The summed E-state index contributed by atoms with van der Waals surface area (Å²) in [7, 11) is -1.74. The number of ether oxygens (including phenoxy) is 1. The first kappa shape index (κ1) is 26.2. The minimum Gasteiger partial charge on any atom is -0.489 e. The van der Waals surface area contributed by atoms with Crippen LogP contribution in [0.5, 0.6) is 5.75 Å². The van der Waals surface area contributed by atoms with Gasteiger partial charge in [0.05, 0.1) is 12.3 Å². The fraction of sp³-hybridized carbons (Fsp3) is 0.381. The molecule has 0 aliphatic rings. The molecule has 0 aliphatic heterocycles. The van der Waals surface area contributed by atoms with Crippen molar-refractivity contribution >= 4 is 40.0 Å². The van der Waals surface area contributed by atoms with Gasteiger partial charge in [-0.05, 0) is 37.1 Å². The van der Waals surface area contributed by atoms with Gasteiger partial charge in [0, 0.05) is 20.1 Å². The normalized spacial score (nSPS) is 12.6. The van der Waals surface area contributed by atoms with Crippen LogP contribution >= 0.6 is 24.0 Å². The SMILES string of the molecule is CN=C(NCCS(=O)(=O)NCc1ccccc1)NCC(C)Oc1cccc(C)c1.I. The summed E-state index contributed by atoms with van der Waals surface area (Å²) in [4.78, 5) is 4.12. The van der Waals surface area contributed by atoms with Crippen LogP contribution in [0.15, 0.2) is 59.6 Å². The monoisotopic (exact) mass is 546 g/mol. The van der Waals surface area contributed by atoms with E-state index in [2.05, 4.69) is 20.3 Å². The number of halogens is 1. The molecule has 0 bridgehead atoms. The first-order valence-corrected chi connectivity index (χ1v) is 11.2. The molecule has 0 heterocycles.